The molecule has 0 aliphatic heterocycles. The molecular weight excluding hydrogens is 322 g/mol. The summed E-state index contributed by atoms with van der Waals surface area (Å²) < 4.78 is 27.4. The molecule has 0 heterocycles. The first-order valence-corrected chi connectivity index (χ1v) is 7.44. The summed E-state index contributed by atoms with van der Waals surface area (Å²) in [5.74, 6) is -5.37. The van der Waals surface area contributed by atoms with Gasteiger partial charge in [0.15, 0.2) is 0 Å². The summed E-state index contributed by atoms with van der Waals surface area (Å²) in [4.78, 5) is 36.5. The van der Waals surface area contributed by atoms with Crippen LogP contribution in [0.1, 0.15) is 31.1 Å². The van der Waals surface area contributed by atoms with E-state index >= 15 is 0 Å². The summed E-state index contributed by atoms with van der Waals surface area (Å²) in [6.07, 6.45) is 0. The third kappa shape index (κ3) is 4.74. The summed E-state index contributed by atoms with van der Waals surface area (Å²) in [6.45, 7) is 4.46. The highest BCUT2D eigenvalue weighted by atomic mass is 19.1. The normalized spacial score (nSPS) is 11.9. The Kier molecular flexibility index (Phi) is 6.82. The monoisotopic (exact) mass is 342 g/mol. The Hall–Kier alpha value is -2.51. The van der Waals surface area contributed by atoms with Crippen molar-refractivity contribution in [3.8, 4) is 0 Å². The van der Waals surface area contributed by atoms with Gasteiger partial charge in [-0.2, -0.15) is 0 Å². The third-order valence-electron chi connectivity index (χ3n) is 3.43. The lowest BCUT2D eigenvalue weighted by Gasteiger charge is -2.28. The van der Waals surface area contributed by atoms with Gasteiger partial charge in [0.1, 0.15) is 29.8 Å². The van der Waals surface area contributed by atoms with Crippen molar-refractivity contribution in [2.24, 2.45) is 5.92 Å². The van der Waals surface area contributed by atoms with Crippen LogP contribution in [-0.2, 0) is 9.59 Å². The van der Waals surface area contributed by atoms with Gasteiger partial charge in [0, 0.05) is 6.54 Å². The van der Waals surface area contributed by atoms with E-state index in [1.807, 2.05) is 0 Å². The minimum atomic E-state index is -1.20. The molecule has 8 heteroatoms. The van der Waals surface area contributed by atoms with Gasteiger partial charge in [-0.15, -0.1) is 0 Å². The van der Waals surface area contributed by atoms with Gasteiger partial charge in [0.05, 0.1) is 0 Å². The molecule has 1 rings (SSSR count). The van der Waals surface area contributed by atoms with E-state index in [4.69, 9.17) is 5.11 Å². The molecule has 0 fully saturated rings. The molecule has 1 aromatic carbocycles. The molecule has 1 aromatic rings. The second-order valence-corrected chi connectivity index (χ2v) is 5.54. The lowest BCUT2D eigenvalue weighted by Crippen LogP contribution is -2.52. The minimum absolute atomic E-state index is 0.123. The summed E-state index contributed by atoms with van der Waals surface area (Å²) in [5, 5.41) is 11.1. The molecule has 0 spiro atoms. The van der Waals surface area contributed by atoms with Crippen LogP contribution in [-0.4, -0.2) is 46.9 Å². The fraction of sp³-hybridized carbons (Fsp3) is 0.438. The number of carbonyl (C=O) groups excluding carboxylic acids is 2. The van der Waals surface area contributed by atoms with E-state index in [9.17, 15) is 23.2 Å². The van der Waals surface area contributed by atoms with Crippen LogP contribution in [0.5, 0.6) is 0 Å². The lowest BCUT2D eigenvalue weighted by atomic mass is 10.0. The van der Waals surface area contributed by atoms with Crippen molar-refractivity contribution in [3.63, 3.8) is 0 Å². The van der Waals surface area contributed by atoms with Gasteiger partial charge in [-0.05, 0) is 25.0 Å². The standard InChI is InChI=1S/C16H20F2N2O4/c1-4-20(8-12(21)22)16(24)14(9(2)3)19-15(23)13-10(17)6-5-7-11(13)18/h5-7,9,14H,4,8H2,1-3H3,(H,19,23)(H,21,22). The number of amides is 2. The predicted octanol–water partition coefficient (Wildman–Crippen LogP) is 1.65. The number of rotatable bonds is 7. The van der Waals surface area contributed by atoms with Crippen LogP contribution in [0.3, 0.4) is 0 Å². The highest BCUT2D eigenvalue weighted by Crippen LogP contribution is 2.14. The highest BCUT2D eigenvalue weighted by Gasteiger charge is 2.30. The van der Waals surface area contributed by atoms with Gasteiger partial charge in [0.25, 0.3) is 5.91 Å². The summed E-state index contributed by atoms with van der Waals surface area (Å²) in [7, 11) is 0. The van der Waals surface area contributed by atoms with Crippen LogP contribution in [0.2, 0.25) is 0 Å². The fourth-order valence-corrected chi connectivity index (χ4v) is 2.15. The van der Waals surface area contributed by atoms with E-state index in [-0.39, 0.29) is 6.54 Å². The van der Waals surface area contributed by atoms with E-state index in [1.165, 1.54) is 0 Å². The van der Waals surface area contributed by atoms with Crippen molar-refractivity contribution in [3.05, 3.63) is 35.4 Å². The Morgan fingerprint density at radius 2 is 1.75 bits per heavy atom. The quantitative estimate of drug-likeness (QED) is 0.789. The second-order valence-electron chi connectivity index (χ2n) is 5.54. The average molecular weight is 342 g/mol. The first kappa shape index (κ1) is 19.5. The van der Waals surface area contributed by atoms with Gasteiger partial charge in [-0.25, -0.2) is 8.78 Å². The number of hydrogen-bond donors (Lipinski definition) is 2. The summed E-state index contributed by atoms with van der Waals surface area (Å²) >= 11 is 0. The van der Waals surface area contributed by atoms with E-state index in [2.05, 4.69) is 5.32 Å². The van der Waals surface area contributed by atoms with E-state index in [0.717, 1.165) is 23.1 Å². The number of carbonyl (C=O) groups is 3. The van der Waals surface area contributed by atoms with E-state index in [0.29, 0.717) is 0 Å². The Labute approximate surface area is 138 Å². The number of benzene rings is 1. The van der Waals surface area contributed by atoms with Crippen molar-refractivity contribution < 1.29 is 28.3 Å². The predicted molar refractivity (Wildman–Crippen MR) is 82.3 cm³/mol. The number of hydrogen-bond acceptors (Lipinski definition) is 3. The lowest BCUT2D eigenvalue weighted by molar-refractivity contribution is -0.145. The number of aliphatic carboxylic acids is 1. The number of carboxylic acids is 1. The molecule has 2 amide bonds. The van der Waals surface area contributed by atoms with Crippen molar-refractivity contribution in [2.45, 2.75) is 26.8 Å². The first-order chi connectivity index (χ1) is 11.2. The molecule has 0 radical (unpaired) electrons. The molecule has 2 N–H and O–H groups in total. The topological polar surface area (TPSA) is 86.7 Å². The number of halogens is 2. The van der Waals surface area contributed by atoms with Gasteiger partial charge in [-0.1, -0.05) is 19.9 Å². The summed E-state index contributed by atoms with van der Waals surface area (Å²) in [5.41, 5.74) is -0.780. The molecule has 0 saturated heterocycles. The van der Waals surface area contributed by atoms with Crippen LogP contribution in [0.4, 0.5) is 8.78 Å². The van der Waals surface area contributed by atoms with Crippen molar-refractivity contribution in [1.29, 1.82) is 0 Å². The van der Waals surface area contributed by atoms with Crippen LogP contribution >= 0.6 is 0 Å². The number of likely N-dealkylation sites (N-methyl/N-ethyl adjacent to an activating group) is 1. The largest absolute Gasteiger partial charge is 0.480 e. The van der Waals surface area contributed by atoms with Gasteiger partial charge < -0.3 is 15.3 Å². The molecular formula is C16H20F2N2O4. The average Bonchev–Trinajstić information content (AvgIpc) is 2.48. The second kappa shape index (κ2) is 8.37. The van der Waals surface area contributed by atoms with E-state index < -0.39 is 53.5 Å². The third-order valence-corrected chi connectivity index (χ3v) is 3.43. The van der Waals surface area contributed by atoms with Crippen molar-refractivity contribution >= 4 is 17.8 Å². The molecule has 132 valence electrons. The molecule has 0 aliphatic carbocycles. The first-order valence-electron chi connectivity index (χ1n) is 7.44. The minimum Gasteiger partial charge on any atom is -0.480 e. The van der Waals surface area contributed by atoms with Crippen molar-refractivity contribution in [2.75, 3.05) is 13.1 Å². The van der Waals surface area contributed by atoms with Gasteiger partial charge in [-0.3, -0.25) is 14.4 Å². The van der Waals surface area contributed by atoms with Gasteiger partial charge in [0.2, 0.25) is 5.91 Å². The van der Waals surface area contributed by atoms with Crippen LogP contribution in [0, 0.1) is 17.6 Å². The Balaban J connectivity index is 3.03. The number of nitrogens with zero attached hydrogens (tertiary/aromatic N) is 1. The maximum atomic E-state index is 13.7. The Morgan fingerprint density at radius 3 is 2.17 bits per heavy atom. The van der Waals surface area contributed by atoms with Crippen LogP contribution < -0.4 is 5.32 Å². The maximum absolute atomic E-state index is 13.7. The molecule has 0 aromatic heterocycles. The van der Waals surface area contributed by atoms with E-state index in [1.54, 1.807) is 20.8 Å². The van der Waals surface area contributed by atoms with Crippen LogP contribution in [0.15, 0.2) is 18.2 Å². The Morgan fingerprint density at radius 1 is 1.21 bits per heavy atom. The summed E-state index contributed by atoms with van der Waals surface area (Å²) in [6, 6.07) is 1.90. The van der Waals surface area contributed by atoms with Gasteiger partial charge >= 0.3 is 5.97 Å². The zero-order valence-corrected chi connectivity index (χ0v) is 13.7. The number of nitrogens with one attached hydrogen (secondary N) is 1. The Bertz CT molecular complexity index is 614. The molecule has 0 saturated carbocycles. The van der Waals surface area contributed by atoms with Crippen LogP contribution in [0.25, 0.3) is 0 Å². The smallest absolute Gasteiger partial charge is 0.323 e. The molecule has 6 nitrogen and oxygen atoms in total. The molecule has 0 bridgehead atoms. The highest BCUT2D eigenvalue weighted by molar-refractivity contribution is 5.98. The van der Waals surface area contributed by atoms with Crippen molar-refractivity contribution in [1.82, 2.24) is 10.2 Å². The fourth-order valence-electron chi connectivity index (χ4n) is 2.15. The zero-order chi connectivity index (χ0) is 18.4. The molecule has 1 unspecified atom stereocenters. The number of carboxylic acid groups (broad SMARTS) is 1. The molecule has 0 aliphatic rings. The molecule has 24 heavy (non-hydrogen) atoms. The maximum Gasteiger partial charge on any atom is 0.323 e. The molecule has 1 atom stereocenters. The zero-order valence-electron chi connectivity index (χ0n) is 13.7. The SMILES string of the molecule is CCN(CC(=O)O)C(=O)C(NC(=O)c1c(F)cccc1F)C(C)C.